The van der Waals surface area contributed by atoms with Gasteiger partial charge in [0.05, 0.1) is 11.2 Å². The lowest BCUT2D eigenvalue weighted by Crippen LogP contribution is -2.46. The first-order valence-corrected chi connectivity index (χ1v) is 13.1. The van der Waals surface area contributed by atoms with Gasteiger partial charge in [0.25, 0.3) is 0 Å². The minimum absolute atomic E-state index is 0.0380. The van der Waals surface area contributed by atoms with Crippen molar-refractivity contribution in [2.75, 3.05) is 12.3 Å². The molecule has 3 unspecified atom stereocenters. The zero-order valence-electron chi connectivity index (χ0n) is 18.9. The first kappa shape index (κ1) is 23.2. The number of benzene rings is 1. The Bertz CT molecular complexity index is 888. The molecule has 2 fully saturated rings. The van der Waals surface area contributed by atoms with Crippen molar-refractivity contribution in [1.29, 1.82) is 0 Å². The van der Waals surface area contributed by atoms with Gasteiger partial charge in [0.1, 0.15) is 0 Å². The molecule has 0 spiro atoms. The third-order valence-corrected chi connectivity index (χ3v) is 9.21. The Balaban J connectivity index is 1.80. The molecule has 4 nitrogen and oxygen atoms in total. The quantitative estimate of drug-likeness (QED) is 0.517. The van der Waals surface area contributed by atoms with E-state index in [9.17, 15) is 13.2 Å². The van der Waals surface area contributed by atoms with E-state index in [0.717, 1.165) is 43.2 Å². The van der Waals surface area contributed by atoms with Crippen molar-refractivity contribution < 1.29 is 13.2 Å². The minimum Gasteiger partial charge on any atom is -0.294 e. The molecule has 1 N–H and O–H groups in total. The highest BCUT2D eigenvalue weighted by molar-refractivity contribution is 7.89. The van der Waals surface area contributed by atoms with Gasteiger partial charge in [-0.05, 0) is 48.2 Å². The third-order valence-electron chi connectivity index (χ3n) is 7.73. The molecule has 0 saturated heterocycles. The maximum Gasteiger partial charge on any atom is 0.212 e. The van der Waals surface area contributed by atoms with Gasteiger partial charge in [0, 0.05) is 12.1 Å². The van der Waals surface area contributed by atoms with Crippen LogP contribution in [0.3, 0.4) is 0 Å². The fraction of sp³-hybridized carbons (Fsp3) is 0.640. The molecule has 30 heavy (non-hydrogen) atoms. The van der Waals surface area contributed by atoms with Gasteiger partial charge < -0.3 is 0 Å². The molecule has 2 aliphatic carbocycles. The van der Waals surface area contributed by atoms with Gasteiger partial charge in [-0.2, -0.15) is 0 Å². The number of allylic oxidation sites excluding steroid dienone is 1. The van der Waals surface area contributed by atoms with Gasteiger partial charge in [0.15, 0.2) is 5.78 Å². The molecule has 0 amide bonds. The number of Topliss-reactive ketones (excluding diaryl/α,β-unsaturated/α-hetero) is 1. The van der Waals surface area contributed by atoms with Crippen LogP contribution in [0.5, 0.6) is 0 Å². The Morgan fingerprint density at radius 1 is 1.20 bits per heavy atom. The van der Waals surface area contributed by atoms with Crippen molar-refractivity contribution in [2.24, 2.45) is 22.7 Å². The average Bonchev–Trinajstić information content (AvgIpc) is 3.03. The molecule has 1 aromatic rings. The molecule has 2 bridgehead atoms. The van der Waals surface area contributed by atoms with Gasteiger partial charge in [-0.15, -0.1) is 0 Å². The van der Waals surface area contributed by atoms with Gasteiger partial charge in [-0.3, -0.25) is 4.79 Å². The summed E-state index contributed by atoms with van der Waals surface area (Å²) in [6, 6.07) is 9.86. The van der Waals surface area contributed by atoms with E-state index in [1.165, 1.54) is 0 Å². The number of unbranched alkanes of at least 4 members (excludes halogenated alkanes) is 1. The van der Waals surface area contributed by atoms with Crippen molar-refractivity contribution in [3.8, 4) is 0 Å². The molecule has 1 aromatic carbocycles. The van der Waals surface area contributed by atoms with Crippen LogP contribution >= 0.6 is 0 Å². The van der Waals surface area contributed by atoms with E-state index < -0.39 is 15.4 Å². The van der Waals surface area contributed by atoms with E-state index in [2.05, 4.69) is 32.4 Å². The Kier molecular flexibility index (Phi) is 6.93. The van der Waals surface area contributed by atoms with Crippen molar-refractivity contribution in [2.45, 2.75) is 66.2 Å². The summed E-state index contributed by atoms with van der Waals surface area (Å²) in [5.41, 5.74) is 0.630. The fourth-order valence-corrected chi connectivity index (χ4v) is 7.46. The molecular formula is C25H37NO3S. The molecule has 5 heteroatoms. The van der Waals surface area contributed by atoms with Crippen LogP contribution < -0.4 is 4.72 Å². The zero-order valence-corrected chi connectivity index (χ0v) is 19.7. The van der Waals surface area contributed by atoms with E-state index in [0.29, 0.717) is 18.9 Å². The summed E-state index contributed by atoms with van der Waals surface area (Å²) in [6.45, 7) is 8.90. The summed E-state index contributed by atoms with van der Waals surface area (Å²) in [5, 5.41) is 0. The molecular weight excluding hydrogens is 394 g/mol. The summed E-state index contributed by atoms with van der Waals surface area (Å²) in [7, 11) is -3.54. The first-order chi connectivity index (χ1) is 14.2. The second-order valence-electron chi connectivity index (χ2n) is 9.76. The lowest BCUT2D eigenvalue weighted by atomic mass is 9.70. The number of sulfonamides is 1. The standard InChI is InChI=1S/C25H37NO3S/c1-5-7-11-19(6-2)17-26-30(28,29)18-25-15-14-22(24(25,3)4)21(23(25)27)16-20-12-9-8-10-13-20/h8-10,12-13,16,19,22,26H,5-7,11,14-15,17-18H2,1-4H3. The van der Waals surface area contributed by atoms with E-state index >= 15 is 0 Å². The van der Waals surface area contributed by atoms with E-state index in [1.54, 1.807) is 0 Å². The molecule has 0 aromatic heterocycles. The Labute approximate surface area is 182 Å². The number of nitrogens with one attached hydrogen (secondary N) is 1. The van der Waals surface area contributed by atoms with Gasteiger partial charge in [-0.1, -0.05) is 77.3 Å². The largest absolute Gasteiger partial charge is 0.294 e. The van der Waals surface area contributed by atoms with Crippen LogP contribution in [0.25, 0.3) is 6.08 Å². The summed E-state index contributed by atoms with van der Waals surface area (Å²) >= 11 is 0. The van der Waals surface area contributed by atoms with E-state index in [1.807, 2.05) is 36.4 Å². The van der Waals surface area contributed by atoms with Crippen LogP contribution in [0, 0.1) is 22.7 Å². The number of carbonyl (C=O) groups is 1. The smallest absolute Gasteiger partial charge is 0.212 e. The molecule has 2 saturated carbocycles. The molecule has 166 valence electrons. The Hall–Kier alpha value is -1.46. The highest BCUT2D eigenvalue weighted by Gasteiger charge is 2.67. The van der Waals surface area contributed by atoms with E-state index in [-0.39, 0.29) is 22.9 Å². The minimum atomic E-state index is -3.54. The summed E-state index contributed by atoms with van der Waals surface area (Å²) in [5.74, 6) is 0.414. The number of hydrogen-bond acceptors (Lipinski definition) is 3. The molecule has 3 atom stereocenters. The molecule has 0 aliphatic heterocycles. The molecule has 0 radical (unpaired) electrons. The van der Waals surface area contributed by atoms with Crippen LogP contribution in [-0.4, -0.2) is 26.5 Å². The van der Waals surface area contributed by atoms with Crippen LogP contribution in [-0.2, 0) is 14.8 Å². The predicted octanol–water partition coefficient (Wildman–Crippen LogP) is 5.21. The number of hydrogen-bond donors (Lipinski definition) is 1. The van der Waals surface area contributed by atoms with Crippen molar-refractivity contribution >= 4 is 21.9 Å². The predicted molar refractivity (Wildman–Crippen MR) is 123 cm³/mol. The van der Waals surface area contributed by atoms with Crippen LogP contribution in [0.2, 0.25) is 0 Å². The van der Waals surface area contributed by atoms with Crippen molar-refractivity contribution in [3.63, 3.8) is 0 Å². The van der Waals surface area contributed by atoms with Gasteiger partial charge in [0.2, 0.25) is 10.0 Å². The Morgan fingerprint density at radius 2 is 1.90 bits per heavy atom. The Morgan fingerprint density at radius 3 is 2.53 bits per heavy atom. The number of carbonyl (C=O) groups excluding carboxylic acids is 1. The summed E-state index contributed by atoms with van der Waals surface area (Å²) in [6.07, 6.45) is 7.75. The summed E-state index contributed by atoms with van der Waals surface area (Å²) < 4.78 is 29.0. The molecule has 2 aliphatic rings. The zero-order chi connectivity index (χ0) is 22.0. The first-order valence-electron chi connectivity index (χ1n) is 11.5. The van der Waals surface area contributed by atoms with Gasteiger partial charge >= 0.3 is 0 Å². The van der Waals surface area contributed by atoms with E-state index in [4.69, 9.17) is 0 Å². The lowest BCUT2D eigenvalue weighted by molar-refractivity contribution is -0.125. The van der Waals surface area contributed by atoms with Gasteiger partial charge in [-0.25, -0.2) is 13.1 Å². The molecule has 0 heterocycles. The number of rotatable bonds is 10. The maximum absolute atomic E-state index is 13.6. The molecule has 3 rings (SSSR count). The summed E-state index contributed by atoms with van der Waals surface area (Å²) in [4.78, 5) is 13.6. The second-order valence-corrected chi connectivity index (χ2v) is 11.6. The van der Waals surface area contributed by atoms with Crippen LogP contribution in [0.4, 0.5) is 0 Å². The highest BCUT2D eigenvalue weighted by Crippen LogP contribution is 2.66. The van der Waals surface area contributed by atoms with Crippen LogP contribution in [0.15, 0.2) is 35.9 Å². The maximum atomic E-state index is 13.6. The second kappa shape index (κ2) is 8.96. The normalized spacial score (nSPS) is 27.7. The van der Waals surface area contributed by atoms with Crippen LogP contribution in [0.1, 0.15) is 71.8 Å². The lowest BCUT2D eigenvalue weighted by Gasteiger charge is -2.35. The SMILES string of the molecule is CCCCC(CC)CNS(=O)(=O)CC12CCC(C(=Cc3ccccc3)C1=O)C2(C)C. The topological polar surface area (TPSA) is 63.2 Å². The highest BCUT2D eigenvalue weighted by atomic mass is 32.2. The average molecular weight is 432 g/mol. The number of fused-ring (bicyclic) bond motifs is 2. The number of ketones is 1. The van der Waals surface area contributed by atoms with Crippen molar-refractivity contribution in [1.82, 2.24) is 4.72 Å². The fourth-order valence-electron chi connectivity index (χ4n) is 5.57. The third kappa shape index (κ3) is 4.29. The van der Waals surface area contributed by atoms with Crippen molar-refractivity contribution in [3.05, 3.63) is 41.5 Å². The monoisotopic (exact) mass is 431 g/mol.